The first-order valence-corrected chi connectivity index (χ1v) is 3.21. The number of hydrogen-bond acceptors (Lipinski definition) is 4. The third-order valence-corrected chi connectivity index (χ3v) is 1.19. The number of aromatic nitrogens is 2. The van der Waals surface area contributed by atoms with Crippen LogP contribution in [0.25, 0.3) is 0 Å². The number of hydrogen-bond donors (Lipinski definition) is 2. The minimum absolute atomic E-state index is 0.177. The van der Waals surface area contributed by atoms with Crippen LogP contribution in [0.2, 0.25) is 0 Å². The molecule has 0 aliphatic heterocycles. The average molecular weight is 168 g/mol. The minimum atomic E-state index is -0.629. The highest BCUT2D eigenvalue weighted by molar-refractivity contribution is 5.73. The van der Waals surface area contributed by atoms with Gasteiger partial charge in [-0.05, 0) is 6.07 Å². The molecule has 0 bridgehead atoms. The number of carbonyl (C=O) groups excluding carboxylic acids is 1. The second-order valence-corrected chi connectivity index (χ2v) is 2.22. The van der Waals surface area contributed by atoms with E-state index in [9.17, 15) is 9.59 Å². The number of anilines is 1. The Bertz CT molecular complexity index is 357. The highest BCUT2D eigenvalue weighted by atomic mass is 16.2. The minimum Gasteiger partial charge on any atom is -0.382 e. The summed E-state index contributed by atoms with van der Waals surface area (Å²) in [6, 6.07) is 2.59. The molecule has 0 unspecified atom stereocenters. The summed E-state index contributed by atoms with van der Waals surface area (Å²) >= 11 is 0. The second-order valence-electron chi connectivity index (χ2n) is 2.22. The first-order chi connectivity index (χ1) is 5.59. The first-order valence-electron chi connectivity index (χ1n) is 3.21. The van der Waals surface area contributed by atoms with Crippen molar-refractivity contribution in [1.82, 2.24) is 9.78 Å². The van der Waals surface area contributed by atoms with Crippen LogP contribution in [-0.4, -0.2) is 15.7 Å². The number of amides is 1. The molecule has 0 radical (unpaired) electrons. The highest BCUT2D eigenvalue weighted by Gasteiger charge is 2.00. The first kappa shape index (κ1) is 8.25. The van der Waals surface area contributed by atoms with Gasteiger partial charge in [0.15, 0.2) is 0 Å². The lowest BCUT2D eigenvalue weighted by atomic mass is 10.5. The van der Waals surface area contributed by atoms with Gasteiger partial charge in [-0.2, -0.15) is 5.10 Å². The molecule has 4 N–H and O–H groups in total. The summed E-state index contributed by atoms with van der Waals surface area (Å²) in [6.07, 6.45) is 0. The van der Waals surface area contributed by atoms with E-state index in [1.807, 2.05) is 0 Å². The van der Waals surface area contributed by atoms with Crippen molar-refractivity contribution in [2.24, 2.45) is 5.73 Å². The summed E-state index contributed by atoms with van der Waals surface area (Å²) in [6.45, 7) is -0.246. The fourth-order valence-electron chi connectivity index (χ4n) is 0.726. The maximum Gasteiger partial charge on any atom is 0.267 e. The van der Waals surface area contributed by atoms with Crippen molar-refractivity contribution < 1.29 is 4.79 Å². The molecule has 0 fully saturated rings. The van der Waals surface area contributed by atoms with Gasteiger partial charge < -0.3 is 11.5 Å². The average Bonchev–Trinajstić information content (AvgIpc) is 1.96. The predicted molar refractivity (Wildman–Crippen MR) is 42.1 cm³/mol. The molecule has 6 nitrogen and oxygen atoms in total. The molecule has 0 aromatic carbocycles. The van der Waals surface area contributed by atoms with Gasteiger partial charge in [0.05, 0.1) is 0 Å². The van der Waals surface area contributed by atoms with Gasteiger partial charge in [0.1, 0.15) is 12.4 Å². The third-order valence-electron chi connectivity index (χ3n) is 1.19. The fraction of sp³-hybridized carbons (Fsp3) is 0.167. The lowest BCUT2D eigenvalue weighted by molar-refractivity contribution is -0.118. The largest absolute Gasteiger partial charge is 0.382 e. The van der Waals surface area contributed by atoms with Crippen LogP contribution >= 0.6 is 0 Å². The van der Waals surface area contributed by atoms with E-state index >= 15 is 0 Å². The van der Waals surface area contributed by atoms with E-state index in [4.69, 9.17) is 11.5 Å². The Morgan fingerprint density at radius 3 is 2.83 bits per heavy atom. The van der Waals surface area contributed by atoms with E-state index in [0.29, 0.717) is 0 Å². The second kappa shape index (κ2) is 3.04. The smallest absolute Gasteiger partial charge is 0.267 e. The maximum absolute atomic E-state index is 10.9. The lowest BCUT2D eigenvalue weighted by Crippen LogP contribution is -2.29. The summed E-state index contributed by atoms with van der Waals surface area (Å²) in [5.74, 6) is -0.453. The van der Waals surface area contributed by atoms with Crippen LogP contribution in [0.3, 0.4) is 0 Å². The van der Waals surface area contributed by atoms with Crippen LogP contribution in [0, 0.1) is 0 Å². The number of nitrogens with zero attached hydrogens (tertiary/aromatic N) is 2. The Labute approximate surface area is 67.8 Å². The van der Waals surface area contributed by atoms with Crippen molar-refractivity contribution in [1.29, 1.82) is 0 Å². The molecule has 0 saturated carbocycles. The van der Waals surface area contributed by atoms with Crippen molar-refractivity contribution in [2.45, 2.75) is 6.54 Å². The summed E-state index contributed by atoms with van der Waals surface area (Å²) in [7, 11) is 0. The molecule has 0 atom stereocenters. The Morgan fingerprint density at radius 1 is 1.58 bits per heavy atom. The van der Waals surface area contributed by atoms with E-state index < -0.39 is 11.5 Å². The van der Waals surface area contributed by atoms with E-state index in [2.05, 4.69) is 5.10 Å². The standard InChI is InChI=1S/C6H8N4O2/c7-4-1-2-6(12)10(9-4)3-5(8)11/h1-2H,3H2,(H2,7,9)(H2,8,11). The van der Waals surface area contributed by atoms with Gasteiger partial charge in [-0.3, -0.25) is 9.59 Å². The normalized spacial score (nSPS) is 9.67. The quantitative estimate of drug-likeness (QED) is 0.549. The van der Waals surface area contributed by atoms with Gasteiger partial charge in [-0.15, -0.1) is 0 Å². The molecule has 1 amide bonds. The zero-order chi connectivity index (χ0) is 9.14. The molecule has 0 saturated heterocycles. The maximum atomic E-state index is 10.9. The summed E-state index contributed by atoms with van der Waals surface area (Å²) < 4.78 is 0.914. The van der Waals surface area contributed by atoms with Crippen molar-refractivity contribution in [2.75, 3.05) is 5.73 Å². The SMILES string of the molecule is NC(=O)Cn1nc(N)ccc1=O. The molecule has 12 heavy (non-hydrogen) atoms. The number of nitrogens with two attached hydrogens (primary N) is 2. The van der Waals surface area contributed by atoms with Gasteiger partial charge in [0.2, 0.25) is 5.91 Å². The van der Waals surface area contributed by atoms with Crippen molar-refractivity contribution in [3.05, 3.63) is 22.5 Å². The van der Waals surface area contributed by atoms with Crippen LogP contribution in [0.5, 0.6) is 0 Å². The molecule has 0 aliphatic carbocycles. The fourth-order valence-corrected chi connectivity index (χ4v) is 0.726. The number of carbonyl (C=O) groups is 1. The van der Waals surface area contributed by atoms with Crippen molar-refractivity contribution in [3.8, 4) is 0 Å². The van der Waals surface area contributed by atoms with Crippen LogP contribution in [0.15, 0.2) is 16.9 Å². The summed E-state index contributed by atoms with van der Waals surface area (Å²) in [5.41, 5.74) is 9.74. The van der Waals surface area contributed by atoms with Crippen LogP contribution in [0.4, 0.5) is 5.82 Å². The van der Waals surface area contributed by atoms with Crippen molar-refractivity contribution >= 4 is 11.7 Å². The van der Waals surface area contributed by atoms with E-state index in [-0.39, 0.29) is 12.4 Å². The highest BCUT2D eigenvalue weighted by Crippen LogP contribution is 1.87. The van der Waals surface area contributed by atoms with Gasteiger partial charge in [0.25, 0.3) is 5.56 Å². The zero-order valence-corrected chi connectivity index (χ0v) is 6.23. The van der Waals surface area contributed by atoms with Gasteiger partial charge >= 0.3 is 0 Å². The van der Waals surface area contributed by atoms with Crippen molar-refractivity contribution in [3.63, 3.8) is 0 Å². The molecule has 6 heteroatoms. The lowest BCUT2D eigenvalue weighted by Gasteiger charge is -2.00. The van der Waals surface area contributed by atoms with Crippen LogP contribution < -0.4 is 17.0 Å². The predicted octanol–water partition coefficient (Wildman–Crippen LogP) is -1.69. The molecular weight excluding hydrogens is 160 g/mol. The Balaban J connectivity index is 3.06. The van der Waals surface area contributed by atoms with Gasteiger partial charge in [-0.25, -0.2) is 4.68 Å². The number of primary amides is 1. The van der Waals surface area contributed by atoms with Gasteiger partial charge in [0, 0.05) is 6.07 Å². The van der Waals surface area contributed by atoms with E-state index in [1.165, 1.54) is 12.1 Å². The molecule has 1 heterocycles. The van der Waals surface area contributed by atoms with Crippen LogP contribution in [0.1, 0.15) is 0 Å². The number of nitrogen functional groups attached to an aromatic ring is 1. The Morgan fingerprint density at radius 2 is 2.25 bits per heavy atom. The Hall–Kier alpha value is -1.85. The molecular formula is C6H8N4O2. The molecule has 64 valence electrons. The zero-order valence-electron chi connectivity index (χ0n) is 6.23. The molecule has 1 aromatic heterocycles. The summed E-state index contributed by atoms with van der Waals surface area (Å²) in [5, 5.41) is 3.59. The molecule has 0 aliphatic rings. The van der Waals surface area contributed by atoms with Crippen LogP contribution in [-0.2, 0) is 11.3 Å². The monoisotopic (exact) mass is 168 g/mol. The third kappa shape index (κ3) is 1.82. The van der Waals surface area contributed by atoms with E-state index in [1.54, 1.807) is 0 Å². The molecule has 0 spiro atoms. The molecule has 1 aromatic rings. The number of rotatable bonds is 2. The Kier molecular flexibility index (Phi) is 2.09. The molecule has 1 rings (SSSR count). The van der Waals surface area contributed by atoms with Gasteiger partial charge in [-0.1, -0.05) is 0 Å². The van der Waals surface area contributed by atoms with E-state index in [0.717, 1.165) is 4.68 Å². The topological polar surface area (TPSA) is 104 Å². The summed E-state index contributed by atoms with van der Waals surface area (Å²) in [4.78, 5) is 21.4.